The number of benzene rings is 1. The second-order valence-electron chi connectivity index (χ2n) is 5.27. The van der Waals surface area contributed by atoms with Gasteiger partial charge in [0.2, 0.25) is 0 Å². The lowest BCUT2D eigenvalue weighted by Crippen LogP contribution is -2.25. The van der Waals surface area contributed by atoms with Crippen LogP contribution >= 0.6 is 11.8 Å². The maximum atomic E-state index is 3.75. The third kappa shape index (κ3) is 3.05. The SMILES string of the molecule is c1ccc2c(c1)SCCC2NCCCC1CC1. The van der Waals surface area contributed by atoms with Gasteiger partial charge in [0.1, 0.15) is 0 Å². The molecule has 17 heavy (non-hydrogen) atoms. The van der Waals surface area contributed by atoms with Gasteiger partial charge < -0.3 is 5.32 Å². The first-order valence-electron chi connectivity index (χ1n) is 6.88. The van der Waals surface area contributed by atoms with Crippen molar-refractivity contribution in [1.82, 2.24) is 5.32 Å². The average Bonchev–Trinajstić information content (AvgIpc) is 3.19. The monoisotopic (exact) mass is 247 g/mol. The number of rotatable bonds is 5. The van der Waals surface area contributed by atoms with Crippen molar-refractivity contribution in [2.75, 3.05) is 12.3 Å². The maximum absolute atomic E-state index is 3.75. The molecule has 0 spiro atoms. The predicted molar refractivity (Wildman–Crippen MR) is 74.5 cm³/mol. The molecule has 2 heteroatoms. The van der Waals surface area contributed by atoms with Crippen molar-refractivity contribution >= 4 is 11.8 Å². The van der Waals surface area contributed by atoms with Crippen molar-refractivity contribution in [1.29, 1.82) is 0 Å². The van der Waals surface area contributed by atoms with Crippen LogP contribution in [-0.4, -0.2) is 12.3 Å². The Morgan fingerprint density at radius 1 is 1.18 bits per heavy atom. The van der Waals surface area contributed by atoms with E-state index in [1.165, 1.54) is 54.9 Å². The Labute approximate surface area is 108 Å². The Morgan fingerprint density at radius 3 is 2.94 bits per heavy atom. The zero-order chi connectivity index (χ0) is 11.5. The molecule has 1 unspecified atom stereocenters. The van der Waals surface area contributed by atoms with Crippen molar-refractivity contribution in [3.05, 3.63) is 29.8 Å². The normalized spacial score (nSPS) is 23.4. The summed E-state index contributed by atoms with van der Waals surface area (Å²) in [4.78, 5) is 1.48. The van der Waals surface area contributed by atoms with Gasteiger partial charge in [-0.05, 0) is 49.1 Å². The molecule has 1 atom stereocenters. The molecule has 1 fully saturated rings. The van der Waals surface area contributed by atoms with E-state index in [2.05, 4.69) is 29.6 Å². The molecule has 2 aliphatic rings. The summed E-state index contributed by atoms with van der Waals surface area (Å²) >= 11 is 2.01. The summed E-state index contributed by atoms with van der Waals surface area (Å²) in [5.74, 6) is 2.34. The summed E-state index contributed by atoms with van der Waals surface area (Å²) in [7, 11) is 0. The minimum Gasteiger partial charge on any atom is -0.310 e. The summed E-state index contributed by atoms with van der Waals surface area (Å²) in [5.41, 5.74) is 1.52. The Bertz CT molecular complexity index is 373. The van der Waals surface area contributed by atoms with Gasteiger partial charge in [-0.2, -0.15) is 0 Å². The van der Waals surface area contributed by atoms with Gasteiger partial charge in [0, 0.05) is 10.9 Å². The molecule has 3 rings (SSSR count). The minimum absolute atomic E-state index is 0.603. The third-order valence-electron chi connectivity index (χ3n) is 3.84. The molecule has 1 aliphatic heterocycles. The van der Waals surface area contributed by atoms with Gasteiger partial charge in [-0.1, -0.05) is 31.0 Å². The molecule has 0 aromatic heterocycles. The number of fused-ring (bicyclic) bond motifs is 1. The summed E-state index contributed by atoms with van der Waals surface area (Å²) in [6, 6.07) is 9.48. The van der Waals surface area contributed by atoms with Crippen molar-refractivity contribution in [2.24, 2.45) is 5.92 Å². The lowest BCUT2D eigenvalue weighted by Gasteiger charge is -2.26. The molecule has 92 valence electrons. The average molecular weight is 247 g/mol. The largest absolute Gasteiger partial charge is 0.310 e. The number of hydrogen-bond donors (Lipinski definition) is 1. The molecular weight excluding hydrogens is 226 g/mol. The highest BCUT2D eigenvalue weighted by Crippen LogP contribution is 2.36. The third-order valence-corrected chi connectivity index (χ3v) is 4.96. The molecule has 1 aromatic carbocycles. The molecule has 0 amide bonds. The Kier molecular flexibility index (Phi) is 3.72. The number of nitrogens with one attached hydrogen (secondary N) is 1. The molecule has 0 radical (unpaired) electrons. The number of hydrogen-bond acceptors (Lipinski definition) is 2. The van der Waals surface area contributed by atoms with Gasteiger partial charge in [-0.3, -0.25) is 0 Å². The van der Waals surface area contributed by atoms with E-state index in [9.17, 15) is 0 Å². The Balaban J connectivity index is 1.52. The topological polar surface area (TPSA) is 12.0 Å². The minimum atomic E-state index is 0.603. The summed E-state index contributed by atoms with van der Waals surface area (Å²) in [5, 5.41) is 3.75. The predicted octanol–water partition coefficient (Wildman–Crippen LogP) is 4.00. The fourth-order valence-electron chi connectivity index (χ4n) is 2.63. The van der Waals surface area contributed by atoms with Gasteiger partial charge in [0.25, 0.3) is 0 Å². The maximum Gasteiger partial charge on any atom is 0.0339 e. The van der Waals surface area contributed by atoms with Crippen LogP contribution in [0.4, 0.5) is 0 Å². The van der Waals surface area contributed by atoms with Gasteiger partial charge in [-0.15, -0.1) is 11.8 Å². The van der Waals surface area contributed by atoms with Crippen molar-refractivity contribution in [3.8, 4) is 0 Å². The van der Waals surface area contributed by atoms with Gasteiger partial charge in [0.15, 0.2) is 0 Å². The Hall–Kier alpha value is -0.470. The van der Waals surface area contributed by atoms with E-state index >= 15 is 0 Å². The molecule has 1 nitrogen and oxygen atoms in total. The molecule has 1 aromatic rings. The number of thioether (sulfide) groups is 1. The van der Waals surface area contributed by atoms with Crippen molar-refractivity contribution < 1.29 is 0 Å². The van der Waals surface area contributed by atoms with E-state index in [1.54, 1.807) is 0 Å². The van der Waals surface area contributed by atoms with Gasteiger partial charge >= 0.3 is 0 Å². The highest BCUT2D eigenvalue weighted by molar-refractivity contribution is 7.99. The van der Waals surface area contributed by atoms with Crippen LogP contribution in [0, 0.1) is 5.92 Å². The van der Waals surface area contributed by atoms with Crippen LogP contribution in [0.5, 0.6) is 0 Å². The van der Waals surface area contributed by atoms with Crippen molar-refractivity contribution in [2.45, 2.75) is 43.0 Å². The first kappa shape index (κ1) is 11.6. The van der Waals surface area contributed by atoms with E-state index in [4.69, 9.17) is 0 Å². The van der Waals surface area contributed by atoms with E-state index in [0.29, 0.717) is 6.04 Å². The van der Waals surface area contributed by atoms with Crippen LogP contribution in [-0.2, 0) is 0 Å². The van der Waals surface area contributed by atoms with Crippen LogP contribution in [0.3, 0.4) is 0 Å². The second-order valence-corrected chi connectivity index (χ2v) is 6.40. The van der Waals surface area contributed by atoms with Crippen LogP contribution in [0.1, 0.15) is 43.7 Å². The summed E-state index contributed by atoms with van der Waals surface area (Å²) < 4.78 is 0. The zero-order valence-corrected chi connectivity index (χ0v) is 11.1. The lowest BCUT2D eigenvalue weighted by molar-refractivity contribution is 0.488. The molecule has 0 bridgehead atoms. The highest BCUT2D eigenvalue weighted by atomic mass is 32.2. The van der Waals surface area contributed by atoms with Crippen LogP contribution < -0.4 is 5.32 Å². The fraction of sp³-hybridized carbons (Fsp3) is 0.600. The first-order valence-corrected chi connectivity index (χ1v) is 7.87. The highest BCUT2D eigenvalue weighted by Gasteiger charge is 2.21. The van der Waals surface area contributed by atoms with E-state index in [0.717, 1.165) is 5.92 Å². The molecule has 1 N–H and O–H groups in total. The summed E-state index contributed by atoms with van der Waals surface area (Å²) in [6.45, 7) is 1.19. The van der Waals surface area contributed by atoms with Crippen molar-refractivity contribution in [3.63, 3.8) is 0 Å². The quantitative estimate of drug-likeness (QED) is 0.789. The molecule has 1 heterocycles. The smallest absolute Gasteiger partial charge is 0.0339 e. The van der Waals surface area contributed by atoms with E-state index < -0.39 is 0 Å². The molecule has 1 aliphatic carbocycles. The van der Waals surface area contributed by atoms with Crippen LogP contribution in [0.15, 0.2) is 29.2 Å². The lowest BCUT2D eigenvalue weighted by atomic mass is 10.0. The summed E-state index contributed by atoms with van der Waals surface area (Å²) in [6.07, 6.45) is 7.06. The molecule has 1 saturated carbocycles. The zero-order valence-electron chi connectivity index (χ0n) is 10.3. The van der Waals surface area contributed by atoms with E-state index in [-0.39, 0.29) is 0 Å². The van der Waals surface area contributed by atoms with Gasteiger partial charge in [-0.25, -0.2) is 0 Å². The molecular formula is C15H21NS. The van der Waals surface area contributed by atoms with Gasteiger partial charge in [0.05, 0.1) is 0 Å². The fourth-order valence-corrected chi connectivity index (χ4v) is 3.75. The van der Waals surface area contributed by atoms with Crippen LogP contribution in [0.25, 0.3) is 0 Å². The second kappa shape index (κ2) is 5.45. The van der Waals surface area contributed by atoms with E-state index in [1.807, 2.05) is 11.8 Å². The molecule has 0 saturated heterocycles. The van der Waals surface area contributed by atoms with Crippen LogP contribution in [0.2, 0.25) is 0 Å². The first-order chi connectivity index (χ1) is 8.43. The standard InChI is InChI=1S/C15H21NS/c1-2-6-15-13(5-1)14(9-11-17-15)16-10-3-4-12-7-8-12/h1-2,5-6,12,14,16H,3-4,7-11H2. The Morgan fingerprint density at radius 2 is 2.06 bits per heavy atom.